The summed E-state index contributed by atoms with van der Waals surface area (Å²) in [4.78, 5) is 15.5. The van der Waals surface area contributed by atoms with Crippen LogP contribution in [0.3, 0.4) is 0 Å². The maximum Gasteiger partial charge on any atom is 0.268 e. The first-order valence-corrected chi connectivity index (χ1v) is 12.6. The summed E-state index contributed by atoms with van der Waals surface area (Å²) in [5.41, 5.74) is 4.99. The Balaban J connectivity index is 1.70. The van der Waals surface area contributed by atoms with Crippen LogP contribution in [-0.2, 0) is 13.1 Å². The van der Waals surface area contributed by atoms with Crippen LogP contribution in [0.1, 0.15) is 73.6 Å². The molecule has 0 aliphatic carbocycles. The van der Waals surface area contributed by atoms with Gasteiger partial charge in [0.25, 0.3) is 5.91 Å². The number of hydrogen-bond acceptors (Lipinski definition) is 4. The zero-order valence-electron chi connectivity index (χ0n) is 21.2. The molecule has 1 aliphatic rings. The predicted octanol–water partition coefficient (Wildman–Crippen LogP) is 5.47. The highest BCUT2D eigenvalue weighted by molar-refractivity contribution is 5.94. The molecule has 1 amide bonds. The normalized spacial score (nSPS) is 14.2. The molecule has 1 aromatic heterocycles. The fourth-order valence-electron chi connectivity index (χ4n) is 4.80. The second-order valence-electron chi connectivity index (χ2n) is 10.2. The predicted molar refractivity (Wildman–Crippen MR) is 140 cm³/mol. The van der Waals surface area contributed by atoms with Crippen molar-refractivity contribution >= 4 is 5.91 Å². The number of amides is 1. The van der Waals surface area contributed by atoms with Crippen LogP contribution in [0, 0.1) is 0 Å². The summed E-state index contributed by atoms with van der Waals surface area (Å²) in [6.45, 7) is 11.7. The van der Waals surface area contributed by atoms with Gasteiger partial charge in [-0.15, -0.1) is 0 Å². The Kier molecular flexibility index (Phi) is 7.51. The summed E-state index contributed by atoms with van der Waals surface area (Å²) in [7, 11) is 0. The number of aromatic hydroxyl groups is 2. The van der Waals surface area contributed by atoms with Crippen molar-refractivity contribution < 1.29 is 15.0 Å². The number of carbonyl (C=O) groups is 1. The molecule has 6 nitrogen and oxygen atoms in total. The molecule has 4 rings (SSSR count). The number of benzene rings is 2. The quantitative estimate of drug-likeness (QED) is 0.404. The number of rotatable bonds is 8. The molecule has 2 heterocycles. The molecular weight excluding hydrogens is 438 g/mol. The first kappa shape index (κ1) is 24.9. The van der Waals surface area contributed by atoms with Crippen LogP contribution in [0.2, 0.25) is 0 Å². The van der Waals surface area contributed by atoms with Crippen LogP contribution in [0.5, 0.6) is 11.5 Å². The molecule has 0 atom stereocenters. The molecule has 35 heavy (non-hydrogen) atoms. The van der Waals surface area contributed by atoms with E-state index in [-0.39, 0.29) is 29.4 Å². The van der Waals surface area contributed by atoms with Crippen molar-refractivity contribution in [1.82, 2.24) is 14.8 Å². The van der Waals surface area contributed by atoms with Gasteiger partial charge in [-0.1, -0.05) is 38.1 Å². The van der Waals surface area contributed by atoms with Crippen molar-refractivity contribution in [3.8, 4) is 22.8 Å². The first-order valence-electron chi connectivity index (χ1n) is 12.6. The van der Waals surface area contributed by atoms with Gasteiger partial charge >= 0.3 is 0 Å². The molecule has 186 valence electrons. The van der Waals surface area contributed by atoms with Crippen molar-refractivity contribution in [3.05, 3.63) is 70.9 Å². The van der Waals surface area contributed by atoms with Crippen LogP contribution in [0.15, 0.2) is 48.5 Å². The Morgan fingerprint density at radius 3 is 2.11 bits per heavy atom. The van der Waals surface area contributed by atoms with E-state index >= 15 is 0 Å². The van der Waals surface area contributed by atoms with E-state index in [0.717, 1.165) is 36.5 Å². The first-order chi connectivity index (χ1) is 16.7. The Morgan fingerprint density at radius 2 is 1.51 bits per heavy atom. The molecule has 0 radical (unpaired) electrons. The molecule has 0 saturated carbocycles. The molecule has 1 aliphatic heterocycles. The second kappa shape index (κ2) is 10.6. The number of nitrogens with one attached hydrogen (secondary N) is 1. The fraction of sp³-hybridized carbons (Fsp3) is 0.414. The van der Waals surface area contributed by atoms with Crippen molar-refractivity contribution in [3.63, 3.8) is 0 Å². The molecule has 3 aromatic rings. The summed E-state index contributed by atoms with van der Waals surface area (Å²) in [5, 5.41) is 24.0. The van der Waals surface area contributed by atoms with Gasteiger partial charge < -0.3 is 20.1 Å². The summed E-state index contributed by atoms with van der Waals surface area (Å²) < 4.78 is 1.95. The molecule has 0 unspecified atom stereocenters. The van der Waals surface area contributed by atoms with E-state index in [4.69, 9.17) is 0 Å². The van der Waals surface area contributed by atoms with Gasteiger partial charge in [-0.3, -0.25) is 9.69 Å². The maximum atomic E-state index is 13.0. The lowest BCUT2D eigenvalue weighted by Crippen LogP contribution is -2.32. The average molecular weight is 476 g/mol. The molecule has 0 spiro atoms. The standard InChI is InChI=1S/C29H37N3O3/c1-19(2)23-15-24(28(34)16-27(23)33)25-11-12-26(29(35)30-20(3)4)32(25)18-22-9-7-21(8-10-22)17-31-13-5-6-14-31/h7-12,15-16,19-20,33-34H,5-6,13-14,17-18H2,1-4H3,(H,30,35). The van der Waals surface area contributed by atoms with Crippen LogP contribution in [0.4, 0.5) is 0 Å². The minimum absolute atomic E-state index is 0.00814. The van der Waals surface area contributed by atoms with Crippen LogP contribution in [-0.4, -0.2) is 44.7 Å². The zero-order valence-corrected chi connectivity index (χ0v) is 21.2. The number of hydrogen-bond donors (Lipinski definition) is 3. The van der Waals surface area contributed by atoms with Crippen molar-refractivity contribution in [2.24, 2.45) is 0 Å². The summed E-state index contributed by atoms with van der Waals surface area (Å²) >= 11 is 0. The van der Waals surface area contributed by atoms with E-state index in [1.165, 1.54) is 24.5 Å². The molecule has 1 saturated heterocycles. The summed E-state index contributed by atoms with van der Waals surface area (Å²) in [5.74, 6) is -0.00220. The monoisotopic (exact) mass is 475 g/mol. The van der Waals surface area contributed by atoms with Crippen molar-refractivity contribution in [1.29, 1.82) is 0 Å². The van der Waals surface area contributed by atoms with Crippen LogP contribution in [0.25, 0.3) is 11.3 Å². The molecule has 1 fully saturated rings. The van der Waals surface area contributed by atoms with E-state index in [2.05, 4.69) is 34.5 Å². The lowest BCUT2D eigenvalue weighted by molar-refractivity contribution is 0.0934. The van der Waals surface area contributed by atoms with Gasteiger partial charge in [-0.25, -0.2) is 0 Å². The van der Waals surface area contributed by atoms with Crippen LogP contribution >= 0.6 is 0 Å². The van der Waals surface area contributed by atoms with Gasteiger partial charge in [-0.05, 0) is 80.6 Å². The van der Waals surface area contributed by atoms with Gasteiger partial charge in [0.05, 0.1) is 5.69 Å². The highest BCUT2D eigenvalue weighted by Crippen LogP contribution is 2.38. The lowest BCUT2D eigenvalue weighted by Gasteiger charge is -2.18. The third kappa shape index (κ3) is 5.70. The Morgan fingerprint density at radius 1 is 0.886 bits per heavy atom. The highest BCUT2D eigenvalue weighted by Gasteiger charge is 2.21. The Bertz CT molecular complexity index is 1170. The summed E-state index contributed by atoms with van der Waals surface area (Å²) in [6.07, 6.45) is 2.55. The third-order valence-electron chi connectivity index (χ3n) is 6.64. The molecule has 3 N–H and O–H groups in total. The smallest absolute Gasteiger partial charge is 0.268 e. The van der Waals surface area contributed by atoms with Crippen molar-refractivity contribution in [2.45, 2.75) is 65.6 Å². The third-order valence-corrected chi connectivity index (χ3v) is 6.64. The topological polar surface area (TPSA) is 77.7 Å². The maximum absolute atomic E-state index is 13.0. The number of phenolic OH excluding ortho intramolecular Hbond substituents is 2. The number of carbonyl (C=O) groups excluding carboxylic acids is 1. The van der Waals surface area contributed by atoms with Gasteiger partial charge in [0.1, 0.15) is 17.2 Å². The number of nitrogens with zero attached hydrogens (tertiary/aromatic N) is 2. The Labute approximate surface area is 208 Å². The lowest BCUT2D eigenvalue weighted by atomic mass is 9.97. The molecule has 6 heteroatoms. The van der Waals surface area contributed by atoms with Gasteiger partial charge in [-0.2, -0.15) is 0 Å². The number of likely N-dealkylation sites (tertiary alicyclic amines) is 1. The largest absolute Gasteiger partial charge is 0.508 e. The van der Waals surface area contributed by atoms with Gasteiger partial charge in [0.2, 0.25) is 0 Å². The molecular formula is C29H37N3O3. The summed E-state index contributed by atoms with van der Waals surface area (Å²) in [6, 6.07) is 15.5. The number of aromatic nitrogens is 1. The minimum Gasteiger partial charge on any atom is -0.508 e. The SMILES string of the molecule is CC(C)NC(=O)c1ccc(-c2cc(C(C)C)c(O)cc2O)n1Cc1ccc(CN2CCCC2)cc1. The molecule has 2 aromatic carbocycles. The fourth-order valence-corrected chi connectivity index (χ4v) is 4.80. The number of phenols is 2. The highest BCUT2D eigenvalue weighted by atomic mass is 16.3. The zero-order chi connectivity index (χ0) is 25.1. The van der Waals surface area contributed by atoms with E-state index < -0.39 is 0 Å². The van der Waals surface area contributed by atoms with Crippen LogP contribution < -0.4 is 5.32 Å². The van der Waals surface area contributed by atoms with Crippen molar-refractivity contribution in [2.75, 3.05) is 13.1 Å². The average Bonchev–Trinajstić information content (AvgIpc) is 3.45. The second-order valence-corrected chi connectivity index (χ2v) is 10.2. The van der Waals surface area contributed by atoms with Gasteiger partial charge in [0, 0.05) is 30.8 Å². The Hall–Kier alpha value is -3.25. The minimum atomic E-state index is -0.153. The van der Waals surface area contributed by atoms with E-state index in [1.54, 1.807) is 6.07 Å². The van der Waals surface area contributed by atoms with Gasteiger partial charge in [0.15, 0.2) is 0 Å². The van der Waals surface area contributed by atoms with E-state index in [0.29, 0.717) is 17.8 Å². The van der Waals surface area contributed by atoms with E-state index in [9.17, 15) is 15.0 Å². The van der Waals surface area contributed by atoms with E-state index in [1.807, 2.05) is 44.4 Å². The molecule has 0 bridgehead atoms.